The zero-order chi connectivity index (χ0) is 9.23. The van der Waals surface area contributed by atoms with E-state index >= 15 is 0 Å². The minimum Gasteiger partial charge on any atom is -0.358 e. The molecule has 0 radical (unpaired) electrons. The van der Waals surface area contributed by atoms with Crippen molar-refractivity contribution in [3.63, 3.8) is 0 Å². The average molecular weight is 166 g/mol. The first kappa shape index (κ1) is 10.7. The third-order valence-corrected chi connectivity index (χ3v) is 1.13. The number of carbonyl (C=O) groups is 1. The molecule has 0 aliphatic carbocycles. The van der Waals surface area contributed by atoms with E-state index < -0.39 is 0 Å². The van der Waals surface area contributed by atoms with Gasteiger partial charge < -0.3 is 11.1 Å². The van der Waals surface area contributed by atoms with Crippen LogP contribution in [0.3, 0.4) is 0 Å². The number of benzene rings is 1. The fourth-order valence-corrected chi connectivity index (χ4v) is 0.487. The van der Waals surface area contributed by atoms with Gasteiger partial charge in [-0.3, -0.25) is 4.79 Å². The lowest BCUT2D eigenvalue weighted by molar-refractivity contribution is -0.119. The standard InChI is InChI=1S/C6H6.C3H8N2O/c1-2-4-6-5-3-1;1-5-3(6)2-4/h1-6H;2,4H2,1H3,(H,5,6). The molecule has 3 N–H and O–H groups in total. The number of likely N-dealkylation sites (N-methyl/N-ethyl adjacent to an activating group) is 1. The molecule has 0 saturated carbocycles. The van der Waals surface area contributed by atoms with Gasteiger partial charge in [-0.25, -0.2) is 0 Å². The second kappa shape index (κ2) is 7.75. The highest BCUT2D eigenvalue weighted by atomic mass is 16.1. The molecule has 1 aromatic rings. The second-order valence-electron chi connectivity index (χ2n) is 2.03. The first-order valence-corrected chi connectivity index (χ1v) is 3.72. The van der Waals surface area contributed by atoms with Crippen LogP contribution in [0.25, 0.3) is 0 Å². The molecule has 66 valence electrons. The first-order valence-electron chi connectivity index (χ1n) is 3.72. The van der Waals surface area contributed by atoms with Gasteiger partial charge in [0.1, 0.15) is 0 Å². The van der Waals surface area contributed by atoms with Crippen molar-refractivity contribution in [3.05, 3.63) is 36.4 Å². The van der Waals surface area contributed by atoms with Crippen molar-refractivity contribution < 1.29 is 4.79 Å². The summed E-state index contributed by atoms with van der Waals surface area (Å²) in [5, 5.41) is 2.35. The molecule has 1 amide bonds. The van der Waals surface area contributed by atoms with Crippen LogP contribution in [0.5, 0.6) is 0 Å². The van der Waals surface area contributed by atoms with Crippen LogP contribution in [0.4, 0.5) is 0 Å². The summed E-state index contributed by atoms with van der Waals surface area (Å²) >= 11 is 0. The van der Waals surface area contributed by atoms with Crippen LogP contribution in [0.1, 0.15) is 0 Å². The third kappa shape index (κ3) is 6.77. The Labute approximate surface area is 72.6 Å². The van der Waals surface area contributed by atoms with Gasteiger partial charge in [0.2, 0.25) is 5.91 Å². The predicted molar refractivity (Wildman–Crippen MR) is 49.6 cm³/mol. The van der Waals surface area contributed by atoms with Crippen molar-refractivity contribution in [2.24, 2.45) is 5.73 Å². The van der Waals surface area contributed by atoms with E-state index in [1.807, 2.05) is 36.4 Å². The maximum Gasteiger partial charge on any atom is 0.233 e. The monoisotopic (exact) mass is 166 g/mol. The molecule has 0 spiro atoms. The highest BCUT2D eigenvalue weighted by Crippen LogP contribution is 1.79. The summed E-state index contributed by atoms with van der Waals surface area (Å²) in [7, 11) is 1.55. The molecule has 1 rings (SSSR count). The maximum absolute atomic E-state index is 9.94. The lowest BCUT2D eigenvalue weighted by Gasteiger charge is -1.87. The van der Waals surface area contributed by atoms with Crippen LogP contribution in [0.15, 0.2) is 36.4 Å². The van der Waals surface area contributed by atoms with E-state index in [1.165, 1.54) is 0 Å². The molecular weight excluding hydrogens is 152 g/mol. The lowest BCUT2D eigenvalue weighted by Crippen LogP contribution is -2.26. The minimum atomic E-state index is -0.130. The molecule has 3 heteroatoms. The Kier molecular flexibility index (Phi) is 6.88. The van der Waals surface area contributed by atoms with Gasteiger partial charge in [0.15, 0.2) is 0 Å². The Bertz CT molecular complexity index is 166. The Balaban J connectivity index is 0.000000202. The van der Waals surface area contributed by atoms with E-state index in [4.69, 9.17) is 5.73 Å². The van der Waals surface area contributed by atoms with Crippen molar-refractivity contribution in [1.82, 2.24) is 5.32 Å². The van der Waals surface area contributed by atoms with E-state index in [2.05, 4.69) is 5.32 Å². The normalized spacial score (nSPS) is 7.83. The highest BCUT2D eigenvalue weighted by Gasteiger charge is 1.84. The number of nitrogens with one attached hydrogen (secondary N) is 1. The van der Waals surface area contributed by atoms with Gasteiger partial charge in [-0.15, -0.1) is 0 Å². The van der Waals surface area contributed by atoms with E-state index in [9.17, 15) is 4.79 Å². The van der Waals surface area contributed by atoms with Crippen molar-refractivity contribution in [3.8, 4) is 0 Å². The lowest BCUT2D eigenvalue weighted by atomic mass is 10.4. The van der Waals surface area contributed by atoms with Gasteiger partial charge in [0, 0.05) is 7.05 Å². The minimum absolute atomic E-state index is 0.0799. The molecule has 3 nitrogen and oxygen atoms in total. The van der Waals surface area contributed by atoms with Gasteiger partial charge in [0.25, 0.3) is 0 Å². The van der Waals surface area contributed by atoms with Crippen LogP contribution in [-0.4, -0.2) is 19.5 Å². The van der Waals surface area contributed by atoms with Gasteiger partial charge >= 0.3 is 0 Å². The fourth-order valence-electron chi connectivity index (χ4n) is 0.487. The molecule has 1 aromatic carbocycles. The van der Waals surface area contributed by atoms with Crippen molar-refractivity contribution in [2.75, 3.05) is 13.6 Å². The Hall–Kier alpha value is -1.35. The van der Waals surface area contributed by atoms with E-state index in [0.29, 0.717) is 0 Å². The fraction of sp³-hybridized carbons (Fsp3) is 0.222. The Morgan fingerprint density at radius 3 is 1.58 bits per heavy atom. The van der Waals surface area contributed by atoms with E-state index in [0.717, 1.165) is 0 Å². The SMILES string of the molecule is CNC(=O)CN.c1ccccc1. The van der Waals surface area contributed by atoms with Crippen molar-refractivity contribution in [1.29, 1.82) is 0 Å². The summed E-state index contributed by atoms with van der Waals surface area (Å²) in [5.41, 5.74) is 4.87. The summed E-state index contributed by atoms with van der Waals surface area (Å²) in [4.78, 5) is 9.94. The Morgan fingerprint density at radius 2 is 1.50 bits per heavy atom. The maximum atomic E-state index is 9.94. The largest absolute Gasteiger partial charge is 0.358 e. The Morgan fingerprint density at radius 1 is 1.17 bits per heavy atom. The summed E-state index contributed by atoms with van der Waals surface area (Å²) in [6.45, 7) is 0.0799. The van der Waals surface area contributed by atoms with Gasteiger partial charge in [0.05, 0.1) is 6.54 Å². The molecule has 0 heterocycles. The summed E-state index contributed by atoms with van der Waals surface area (Å²) in [6.07, 6.45) is 0. The topological polar surface area (TPSA) is 55.1 Å². The van der Waals surface area contributed by atoms with Gasteiger partial charge in [-0.2, -0.15) is 0 Å². The summed E-state index contributed by atoms with van der Waals surface area (Å²) in [5.74, 6) is -0.130. The quantitative estimate of drug-likeness (QED) is 0.633. The zero-order valence-corrected chi connectivity index (χ0v) is 7.16. The van der Waals surface area contributed by atoms with Crippen LogP contribution >= 0.6 is 0 Å². The third-order valence-electron chi connectivity index (χ3n) is 1.13. The number of carbonyl (C=O) groups excluding carboxylic acids is 1. The van der Waals surface area contributed by atoms with Crippen LogP contribution < -0.4 is 11.1 Å². The summed E-state index contributed by atoms with van der Waals surface area (Å²) < 4.78 is 0. The molecule has 0 atom stereocenters. The number of hydrogen-bond acceptors (Lipinski definition) is 2. The smallest absolute Gasteiger partial charge is 0.233 e. The molecule has 0 fully saturated rings. The molecule has 0 bridgehead atoms. The average Bonchev–Trinajstić information content (AvgIpc) is 2.20. The van der Waals surface area contributed by atoms with Crippen LogP contribution in [0.2, 0.25) is 0 Å². The van der Waals surface area contributed by atoms with Crippen molar-refractivity contribution in [2.45, 2.75) is 0 Å². The van der Waals surface area contributed by atoms with Crippen LogP contribution in [0, 0.1) is 0 Å². The molecule has 0 saturated heterocycles. The van der Waals surface area contributed by atoms with E-state index in [1.54, 1.807) is 7.05 Å². The van der Waals surface area contributed by atoms with Crippen molar-refractivity contribution >= 4 is 5.91 Å². The second-order valence-corrected chi connectivity index (χ2v) is 2.03. The number of rotatable bonds is 1. The van der Waals surface area contributed by atoms with Crippen LogP contribution in [-0.2, 0) is 4.79 Å². The molecule has 0 aliphatic heterocycles. The molecule has 0 aliphatic rings. The predicted octanol–water partition coefficient (Wildman–Crippen LogP) is 0.378. The zero-order valence-electron chi connectivity index (χ0n) is 7.16. The number of amides is 1. The highest BCUT2D eigenvalue weighted by molar-refractivity contribution is 5.77. The molecular formula is C9H14N2O. The van der Waals surface area contributed by atoms with Gasteiger partial charge in [-0.1, -0.05) is 36.4 Å². The van der Waals surface area contributed by atoms with Gasteiger partial charge in [-0.05, 0) is 0 Å². The molecule has 12 heavy (non-hydrogen) atoms. The number of nitrogens with two attached hydrogens (primary N) is 1. The number of hydrogen-bond donors (Lipinski definition) is 2. The first-order chi connectivity index (χ1) is 5.81. The van der Waals surface area contributed by atoms with E-state index in [-0.39, 0.29) is 12.5 Å². The summed E-state index contributed by atoms with van der Waals surface area (Å²) in [6, 6.07) is 12.0. The molecule has 0 unspecified atom stereocenters. The molecule has 0 aromatic heterocycles.